The largest absolute Gasteiger partial charge is 0.435 e. The minimum Gasteiger partial charge on any atom is -0.435 e. The highest BCUT2D eigenvalue weighted by Gasteiger charge is 2.25. The van der Waals surface area contributed by atoms with E-state index in [2.05, 4.69) is 4.98 Å². The molecule has 2 aromatic carbocycles. The molecule has 1 heterocycles. The molecule has 120 valence electrons. The first-order chi connectivity index (χ1) is 11.4. The Morgan fingerprint density at radius 2 is 1.54 bits per heavy atom. The molecule has 0 spiro atoms. The summed E-state index contributed by atoms with van der Waals surface area (Å²) in [5.41, 5.74) is -1.07. The van der Waals surface area contributed by atoms with E-state index >= 15 is 0 Å². The van der Waals surface area contributed by atoms with E-state index in [4.69, 9.17) is 9.68 Å². The van der Waals surface area contributed by atoms with Crippen LogP contribution in [-0.4, -0.2) is 4.98 Å². The van der Waals surface area contributed by atoms with Crippen molar-refractivity contribution in [2.24, 2.45) is 0 Å². The highest BCUT2D eigenvalue weighted by Crippen LogP contribution is 2.28. The van der Waals surface area contributed by atoms with Crippen LogP contribution in [0.4, 0.5) is 22.0 Å². The molecule has 0 amide bonds. The molecule has 3 rings (SSSR count). The maximum absolute atomic E-state index is 13.7. The fourth-order valence-electron chi connectivity index (χ4n) is 2.02. The first-order valence-electron chi connectivity index (χ1n) is 6.43. The van der Waals surface area contributed by atoms with E-state index in [9.17, 15) is 22.0 Å². The van der Waals surface area contributed by atoms with E-state index in [-0.39, 0.29) is 5.89 Å². The standard InChI is InChI=1S/C16H5F5N2O/c17-11-8(12(18)14(20)15(21)13(11)19)5-7(6-22)16-23-9-3-1-2-4-10(9)24-16/h1-5H. The van der Waals surface area contributed by atoms with Crippen LogP contribution in [0.1, 0.15) is 11.5 Å². The van der Waals surface area contributed by atoms with Crippen LogP contribution in [0.3, 0.4) is 0 Å². The van der Waals surface area contributed by atoms with Gasteiger partial charge in [-0.3, -0.25) is 0 Å². The van der Waals surface area contributed by atoms with E-state index in [1.54, 1.807) is 30.3 Å². The third-order valence-electron chi connectivity index (χ3n) is 3.18. The number of nitriles is 1. The molecule has 3 nitrogen and oxygen atoms in total. The number of aromatic nitrogens is 1. The summed E-state index contributed by atoms with van der Waals surface area (Å²) in [4.78, 5) is 3.94. The summed E-state index contributed by atoms with van der Waals surface area (Å²) in [5.74, 6) is -10.9. The Labute approximate surface area is 131 Å². The van der Waals surface area contributed by atoms with Crippen LogP contribution < -0.4 is 0 Å². The van der Waals surface area contributed by atoms with E-state index in [0.29, 0.717) is 17.2 Å². The molecule has 3 aromatic rings. The van der Waals surface area contributed by atoms with Crippen molar-refractivity contribution in [2.75, 3.05) is 0 Å². The Morgan fingerprint density at radius 3 is 2.12 bits per heavy atom. The number of para-hydroxylation sites is 2. The predicted octanol–water partition coefficient (Wildman–Crippen LogP) is 4.59. The Hall–Kier alpha value is -3.21. The Morgan fingerprint density at radius 1 is 0.958 bits per heavy atom. The fraction of sp³-hybridized carbons (Fsp3) is 0. The summed E-state index contributed by atoms with van der Waals surface area (Å²) in [6.45, 7) is 0. The first-order valence-corrected chi connectivity index (χ1v) is 6.43. The molecule has 0 N–H and O–H groups in total. The number of hydrogen-bond acceptors (Lipinski definition) is 3. The summed E-state index contributed by atoms with van der Waals surface area (Å²) < 4.78 is 72.1. The lowest BCUT2D eigenvalue weighted by molar-refractivity contribution is 0.377. The minimum atomic E-state index is -2.28. The average Bonchev–Trinajstić information content (AvgIpc) is 3.02. The maximum Gasteiger partial charge on any atom is 0.238 e. The van der Waals surface area contributed by atoms with E-state index in [0.717, 1.165) is 0 Å². The van der Waals surface area contributed by atoms with Gasteiger partial charge < -0.3 is 4.42 Å². The van der Waals surface area contributed by atoms with Crippen LogP contribution in [-0.2, 0) is 0 Å². The normalized spacial score (nSPS) is 11.8. The highest BCUT2D eigenvalue weighted by atomic mass is 19.2. The van der Waals surface area contributed by atoms with Crippen molar-refractivity contribution in [3.8, 4) is 6.07 Å². The molecule has 0 saturated carbocycles. The minimum absolute atomic E-state index is 0.297. The number of halogens is 5. The van der Waals surface area contributed by atoms with Crippen LogP contribution >= 0.6 is 0 Å². The smallest absolute Gasteiger partial charge is 0.238 e. The van der Waals surface area contributed by atoms with Gasteiger partial charge in [-0.25, -0.2) is 26.9 Å². The van der Waals surface area contributed by atoms with Crippen molar-refractivity contribution < 1.29 is 26.4 Å². The number of nitrogens with zero attached hydrogens (tertiary/aromatic N) is 2. The van der Waals surface area contributed by atoms with E-state index < -0.39 is 40.2 Å². The van der Waals surface area contributed by atoms with Crippen molar-refractivity contribution in [1.29, 1.82) is 5.26 Å². The monoisotopic (exact) mass is 336 g/mol. The van der Waals surface area contributed by atoms with Gasteiger partial charge in [-0.05, 0) is 18.2 Å². The Kier molecular flexibility index (Phi) is 3.77. The SMILES string of the molecule is N#CC(=Cc1c(F)c(F)c(F)c(F)c1F)c1nc2ccccc2o1. The maximum atomic E-state index is 13.7. The molecule has 0 fully saturated rings. The molecular formula is C16H5F5N2O. The van der Waals surface area contributed by atoms with Gasteiger partial charge >= 0.3 is 0 Å². The number of benzene rings is 2. The molecule has 0 aliphatic rings. The summed E-state index contributed by atoms with van der Waals surface area (Å²) in [6, 6.07) is 7.96. The zero-order chi connectivity index (χ0) is 17.4. The van der Waals surface area contributed by atoms with Gasteiger partial charge in [-0.1, -0.05) is 12.1 Å². The van der Waals surface area contributed by atoms with Gasteiger partial charge in [-0.2, -0.15) is 5.26 Å². The summed E-state index contributed by atoms with van der Waals surface area (Å²) in [5, 5.41) is 9.12. The van der Waals surface area contributed by atoms with Crippen LogP contribution in [0.2, 0.25) is 0 Å². The number of hydrogen-bond donors (Lipinski definition) is 0. The van der Waals surface area contributed by atoms with Gasteiger partial charge in [0.2, 0.25) is 11.7 Å². The average molecular weight is 336 g/mol. The van der Waals surface area contributed by atoms with Crippen LogP contribution in [0.25, 0.3) is 22.7 Å². The number of oxazole rings is 1. The number of fused-ring (bicyclic) bond motifs is 1. The second-order valence-electron chi connectivity index (χ2n) is 4.64. The predicted molar refractivity (Wildman–Crippen MR) is 73.7 cm³/mol. The number of allylic oxidation sites excluding steroid dienone is 1. The quantitative estimate of drug-likeness (QED) is 0.298. The van der Waals surface area contributed by atoms with Crippen LogP contribution in [0.5, 0.6) is 0 Å². The molecule has 0 atom stereocenters. The van der Waals surface area contributed by atoms with Gasteiger partial charge in [0.05, 0.1) is 5.56 Å². The molecule has 0 saturated heterocycles. The van der Waals surface area contributed by atoms with Crippen molar-refractivity contribution in [2.45, 2.75) is 0 Å². The molecule has 1 aromatic heterocycles. The van der Waals surface area contributed by atoms with Crippen LogP contribution in [0, 0.1) is 40.4 Å². The lowest BCUT2D eigenvalue weighted by Crippen LogP contribution is -2.04. The lowest BCUT2D eigenvalue weighted by atomic mass is 10.1. The third-order valence-corrected chi connectivity index (χ3v) is 3.18. The number of rotatable bonds is 2. The van der Waals surface area contributed by atoms with E-state index in [1.807, 2.05) is 0 Å². The van der Waals surface area contributed by atoms with Crippen molar-refractivity contribution in [3.05, 3.63) is 64.8 Å². The molecule has 0 aliphatic heterocycles. The summed E-state index contributed by atoms with van der Waals surface area (Å²) >= 11 is 0. The molecular weight excluding hydrogens is 331 g/mol. The fourth-order valence-corrected chi connectivity index (χ4v) is 2.02. The lowest BCUT2D eigenvalue weighted by Gasteiger charge is -2.04. The van der Waals surface area contributed by atoms with Gasteiger partial charge in [0, 0.05) is 0 Å². The molecule has 24 heavy (non-hydrogen) atoms. The van der Waals surface area contributed by atoms with E-state index in [1.165, 1.54) is 0 Å². The van der Waals surface area contributed by atoms with Crippen LogP contribution in [0.15, 0.2) is 28.7 Å². The van der Waals surface area contributed by atoms with Crippen molar-refractivity contribution in [1.82, 2.24) is 4.98 Å². The second-order valence-corrected chi connectivity index (χ2v) is 4.64. The molecule has 0 radical (unpaired) electrons. The molecule has 0 bridgehead atoms. The Balaban J connectivity index is 2.21. The summed E-state index contributed by atoms with van der Waals surface area (Å²) in [7, 11) is 0. The van der Waals surface area contributed by atoms with Gasteiger partial charge in [-0.15, -0.1) is 0 Å². The second kappa shape index (κ2) is 5.77. The third kappa shape index (κ3) is 2.40. The highest BCUT2D eigenvalue weighted by molar-refractivity contribution is 5.89. The van der Waals surface area contributed by atoms with Gasteiger partial charge in [0.1, 0.15) is 17.2 Å². The van der Waals surface area contributed by atoms with Gasteiger partial charge in [0.15, 0.2) is 28.9 Å². The Bertz CT molecular complexity index is 971. The molecule has 0 aliphatic carbocycles. The van der Waals surface area contributed by atoms with Crippen molar-refractivity contribution in [3.63, 3.8) is 0 Å². The topological polar surface area (TPSA) is 49.8 Å². The molecule has 0 unspecified atom stereocenters. The summed E-state index contributed by atoms with van der Waals surface area (Å²) in [6.07, 6.45) is 0.501. The zero-order valence-electron chi connectivity index (χ0n) is 11.6. The zero-order valence-corrected chi connectivity index (χ0v) is 11.6. The van der Waals surface area contributed by atoms with Crippen molar-refractivity contribution >= 4 is 22.7 Å². The first kappa shape index (κ1) is 15.7. The van der Waals surface area contributed by atoms with Gasteiger partial charge in [0.25, 0.3) is 0 Å². The molecule has 8 heteroatoms.